The Balaban J connectivity index is 4.22. The fraction of sp³-hybridized carbons (Fsp3) is 0.875. The Morgan fingerprint density at radius 3 is 2.09 bits per heavy atom. The number of hydrogen-bond acceptors (Lipinski definition) is 2. The first-order valence-electron chi connectivity index (χ1n) is 4.02. The van der Waals surface area contributed by atoms with Gasteiger partial charge in [-0.1, -0.05) is 0 Å². The first kappa shape index (κ1) is 11.5. The van der Waals surface area contributed by atoms with Gasteiger partial charge in [-0.05, 0) is 0 Å². The van der Waals surface area contributed by atoms with Crippen LogP contribution in [0.1, 0.15) is 20.8 Å². The number of rotatable bonds is 3. The Kier molecular flexibility index (Phi) is 4.71. The van der Waals surface area contributed by atoms with Crippen molar-refractivity contribution in [3.63, 3.8) is 0 Å². The molecule has 64 valence electrons. The Morgan fingerprint density at radius 2 is 1.82 bits per heavy atom. The molecule has 0 aliphatic heterocycles. The van der Waals surface area contributed by atoms with Gasteiger partial charge in [0, 0.05) is 0 Å². The minimum atomic E-state index is -1.56. The van der Waals surface area contributed by atoms with Crippen LogP contribution < -0.4 is 0 Å². The van der Waals surface area contributed by atoms with Crippen molar-refractivity contribution in [3.05, 3.63) is 0 Å². The van der Waals surface area contributed by atoms with Gasteiger partial charge in [0.05, 0.1) is 0 Å². The van der Waals surface area contributed by atoms with E-state index in [4.69, 9.17) is 2.85 Å². The minimum absolute atomic E-state index is 0.126. The van der Waals surface area contributed by atoms with Crippen molar-refractivity contribution in [1.29, 1.82) is 0 Å². The molecule has 2 nitrogen and oxygen atoms in total. The van der Waals surface area contributed by atoms with Crippen molar-refractivity contribution >= 4 is 27.6 Å². The van der Waals surface area contributed by atoms with Gasteiger partial charge in [-0.15, -0.1) is 0 Å². The molecule has 0 radical (unpaired) electrons. The Morgan fingerprint density at radius 1 is 1.36 bits per heavy atom. The maximum atomic E-state index is 5.87. The first-order valence-corrected chi connectivity index (χ1v) is 12.0. The van der Waals surface area contributed by atoms with Gasteiger partial charge in [0.25, 0.3) is 0 Å². The summed E-state index contributed by atoms with van der Waals surface area (Å²) in [6.45, 7) is 6.20. The van der Waals surface area contributed by atoms with Crippen molar-refractivity contribution in [3.8, 4) is 0 Å². The molecule has 0 aliphatic rings. The zero-order valence-corrected chi connectivity index (χ0v) is 11.7. The second-order valence-electron chi connectivity index (χ2n) is 3.49. The van der Waals surface area contributed by atoms with Crippen molar-refractivity contribution in [1.82, 2.24) is 0 Å². The van der Waals surface area contributed by atoms with Gasteiger partial charge in [-0.2, -0.15) is 0 Å². The Labute approximate surface area is 78.2 Å². The number of hydrogen-bond donors (Lipinski definition) is 0. The van der Waals surface area contributed by atoms with Crippen LogP contribution in [0.3, 0.4) is 0 Å². The summed E-state index contributed by atoms with van der Waals surface area (Å²) < 4.78 is 10.4. The molecule has 0 saturated carbocycles. The summed E-state index contributed by atoms with van der Waals surface area (Å²) in [7, 11) is 1.82. The van der Waals surface area contributed by atoms with Gasteiger partial charge >= 0.3 is 78.2 Å². The van der Waals surface area contributed by atoms with Crippen molar-refractivity contribution in [2.75, 3.05) is 7.05 Å². The van der Waals surface area contributed by atoms with Crippen LogP contribution in [0.25, 0.3) is 0 Å². The topological polar surface area (TPSA) is 21.6 Å². The summed E-state index contributed by atoms with van der Waals surface area (Å²) in [5.41, 5.74) is 0.960. The van der Waals surface area contributed by atoms with E-state index in [1.165, 1.54) is 0 Å². The van der Waals surface area contributed by atoms with E-state index in [0.29, 0.717) is 0 Å². The van der Waals surface area contributed by atoms with E-state index in [9.17, 15) is 0 Å². The summed E-state index contributed by atoms with van der Waals surface area (Å²) in [5.74, 6) is 0. The molecule has 11 heavy (non-hydrogen) atoms. The number of aliphatic imine (C=N–C) groups is 1. The zero-order valence-electron chi connectivity index (χ0n) is 8.43. The van der Waals surface area contributed by atoms with E-state index < -0.39 is 21.9 Å². The molecule has 0 aromatic rings. The molecule has 0 fully saturated rings. The van der Waals surface area contributed by atoms with Gasteiger partial charge in [0.2, 0.25) is 0 Å². The van der Waals surface area contributed by atoms with E-state index >= 15 is 0 Å². The van der Waals surface area contributed by atoms with Gasteiger partial charge in [-0.25, -0.2) is 0 Å². The van der Waals surface area contributed by atoms with Crippen molar-refractivity contribution in [2.45, 2.75) is 35.7 Å². The van der Waals surface area contributed by atoms with Gasteiger partial charge in [0.15, 0.2) is 0 Å². The second-order valence-corrected chi connectivity index (χ2v) is 10.1. The van der Waals surface area contributed by atoms with Gasteiger partial charge in [-0.3, -0.25) is 0 Å². The summed E-state index contributed by atoms with van der Waals surface area (Å²) in [6, 6.07) is 0. The maximum absolute atomic E-state index is 5.87. The molecule has 0 N–H and O–H groups in total. The van der Waals surface area contributed by atoms with Crippen molar-refractivity contribution in [2.24, 2.45) is 4.99 Å². The molecule has 0 rings (SSSR count). The standard InChI is InChI=1S/C6H12NO.2CH3.In/c1-5(7-4)6(2,3)8;;;/h1-4H3;2*1H3;/q-1;;;+1. The average molecular weight is 259 g/mol. The monoisotopic (exact) mass is 259 g/mol. The van der Waals surface area contributed by atoms with Crippen LogP contribution in [0, 0.1) is 0 Å². The molecule has 0 heterocycles. The Bertz CT molecular complexity index is 152. The molecule has 0 aromatic heterocycles. The third kappa shape index (κ3) is 4.16. The van der Waals surface area contributed by atoms with Crippen LogP contribution in [0.5, 0.6) is 0 Å². The molecule has 0 spiro atoms. The SMILES string of the molecule is CN=C(C)C(C)(C)[O][In]([CH3])[CH3]. The summed E-state index contributed by atoms with van der Waals surface area (Å²) >= 11 is -1.56. The van der Waals surface area contributed by atoms with Crippen molar-refractivity contribution < 1.29 is 2.85 Å². The van der Waals surface area contributed by atoms with Crippen LogP contribution in [0.2, 0.25) is 9.36 Å². The normalized spacial score (nSPS) is 13.5. The number of nitrogens with zero attached hydrogens (tertiary/aromatic N) is 1. The van der Waals surface area contributed by atoms with Crippen LogP contribution in [-0.2, 0) is 2.85 Å². The quantitative estimate of drug-likeness (QED) is 0.711. The van der Waals surface area contributed by atoms with Crippen LogP contribution in [0.4, 0.5) is 0 Å². The van der Waals surface area contributed by atoms with E-state index in [0.717, 1.165) is 5.71 Å². The molecule has 0 atom stereocenters. The first-order chi connectivity index (χ1) is 4.90. The summed E-state index contributed by atoms with van der Waals surface area (Å²) in [4.78, 5) is 4.14. The summed E-state index contributed by atoms with van der Waals surface area (Å²) in [6.07, 6.45) is 0. The molecular formula is C8H18InNO. The summed E-state index contributed by atoms with van der Waals surface area (Å²) in [5, 5.41) is 0. The molecule has 0 saturated heterocycles. The molecule has 0 bridgehead atoms. The van der Waals surface area contributed by atoms with Gasteiger partial charge < -0.3 is 0 Å². The fourth-order valence-corrected chi connectivity index (χ4v) is 4.79. The van der Waals surface area contributed by atoms with Crippen LogP contribution in [-0.4, -0.2) is 40.2 Å². The van der Waals surface area contributed by atoms with E-state index in [-0.39, 0.29) is 5.60 Å². The van der Waals surface area contributed by atoms with E-state index in [2.05, 4.69) is 28.2 Å². The molecule has 0 aliphatic carbocycles. The molecule has 0 amide bonds. The van der Waals surface area contributed by atoms with E-state index in [1.54, 1.807) is 0 Å². The van der Waals surface area contributed by atoms with Gasteiger partial charge in [0.1, 0.15) is 0 Å². The zero-order chi connectivity index (χ0) is 9.07. The molecular weight excluding hydrogens is 241 g/mol. The average Bonchev–Trinajstić information content (AvgIpc) is 1.83. The van der Waals surface area contributed by atoms with Crippen LogP contribution >= 0.6 is 0 Å². The second kappa shape index (κ2) is 4.51. The molecule has 0 aromatic carbocycles. The van der Waals surface area contributed by atoms with Crippen LogP contribution in [0.15, 0.2) is 4.99 Å². The third-order valence-electron chi connectivity index (χ3n) is 1.74. The fourth-order valence-electron chi connectivity index (χ4n) is 0.944. The predicted octanol–water partition coefficient (Wildman–Crippen LogP) is 2.12. The third-order valence-corrected chi connectivity index (χ3v) is 4.76. The molecule has 3 heteroatoms. The Hall–Kier alpha value is 0.500. The molecule has 0 unspecified atom stereocenters. The predicted molar refractivity (Wildman–Crippen MR) is 51.7 cm³/mol. The van der Waals surface area contributed by atoms with E-state index in [1.807, 2.05) is 14.0 Å².